The molecular weight excluding hydrogens is 252 g/mol. The predicted molar refractivity (Wildman–Crippen MR) is 71.5 cm³/mol. The van der Waals surface area contributed by atoms with E-state index in [1.807, 2.05) is 30.3 Å². The molecule has 0 aromatic heterocycles. The largest absolute Gasteiger partial charge is 0.354 e. The van der Waals surface area contributed by atoms with Crippen LogP contribution in [-0.4, -0.2) is 30.8 Å². The second-order valence-electron chi connectivity index (χ2n) is 3.82. The van der Waals surface area contributed by atoms with Crippen molar-refractivity contribution in [2.75, 3.05) is 19.0 Å². The Morgan fingerprint density at radius 1 is 1.00 bits per heavy atom. The van der Waals surface area contributed by atoms with Crippen LogP contribution < -0.4 is 10.6 Å². The summed E-state index contributed by atoms with van der Waals surface area (Å²) >= 11 is 5.31. The van der Waals surface area contributed by atoms with Gasteiger partial charge in [-0.1, -0.05) is 30.3 Å². The number of alkyl halides is 1. The number of aryl methyl sites for hydroxylation is 1. The summed E-state index contributed by atoms with van der Waals surface area (Å²) in [5.74, 6) is -0.295. The molecule has 4 nitrogen and oxygen atoms in total. The second kappa shape index (κ2) is 8.53. The van der Waals surface area contributed by atoms with E-state index in [-0.39, 0.29) is 17.7 Å². The first-order valence-electron chi connectivity index (χ1n) is 5.85. The Balaban J connectivity index is 2.09. The summed E-state index contributed by atoms with van der Waals surface area (Å²) in [7, 11) is 0. The Hall–Kier alpha value is -1.55. The van der Waals surface area contributed by atoms with Crippen molar-refractivity contribution in [3.05, 3.63) is 35.9 Å². The number of halogens is 1. The third-order valence-corrected chi connectivity index (χ3v) is 2.62. The van der Waals surface area contributed by atoms with Crippen LogP contribution in [0.4, 0.5) is 0 Å². The summed E-state index contributed by atoms with van der Waals surface area (Å²) in [6, 6.07) is 9.84. The van der Waals surface area contributed by atoms with E-state index in [9.17, 15) is 9.59 Å². The van der Waals surface area contributed by atoms with E-state index in [2.05, 4.69) is 10.6 Å². The van der Waals surface area contributed by atoms with Gasteiger partial charge in [0.15, 0.2) is 0 Å². The van der Waals surface area contributed by atoms with E-state index in [4.69, 9.17) is 11.6 Å². The maximum absolute atomic E-state index is 11.5. The topological polar surface area (TPSA) is 58.2 Å². The maximum Gasteiger partial charge on any atom is 0.234 e. The number of rotatable bonds is 7. The van der Waals surface area contributed by atoms with Crippen LogP contribution in [-0.2, 0) is 16.0 Å². The molecule has 0 aliphatic heterocycles. The number of hydrogen-bond acceptors (Lipinski definition) is 2. The van der Waals surface area contributed by atoms with Gasteiger partial charge in [0.1, 0.15) is 5.88 Å². The first kappa shape index (κ1) is 14.5. The van der Waals surface area contributed by atoms with Crippen molar-refractivity contribution in [3.8, 4) is 0 Å². The Bertz CT molecular complexity index is 382. The van der Waals surface area contributed by atoms with Gasteiger partial charge in [-0.2, -0.15) is 0 Å². The molecule has 0 fully saturated rings. The Labute approximate surface area is 112 Å². The third kappa shape index (κ3) is 6.25. The lowest BCUT2D eigenvalue weighted by atomic mass is 10.1. The minimum atomic E-state index is -0.227. The van der Waals surface area contributed by atoms with Gasteiger partial charge in [-0.15, -0.1) is 11.6 Å². The lowest BCUT2D eigenvalue weighted by Crippen LogP contribution is -2.35. The highest BCUT2D eigenvalue weighted by Crippen LogP contribution is 2.01. The van der Waals surface area contributed by atoms with Gasteiger partial charge in [0.25, 0.3) is 0 Å². The summed E-state index contributed by atoms with van der Waals surface area (Å²) in [5, 5.41) is 5.31. The quantitative estimate of drug-likeness (QED) is 0.575. The van der Waals surface area contributed by atoms with Gasteiger partial charge in [0.2, 0.25) is 11.8 Å². The third-order valence-electron chi connectivity index (χ3n) is 2.37. The fourth-order valence-electron chi connectivity index (χ4n) is 1.44. The molecule has 0 aliphatic rings. The van der Waals surface area contributed by atoms with Crippen molar-refractivity contribution in [1.29, 1.82) is 0 Å². The Morgan fingerprint density at radius 2 is 1.61 bits per heavy atom. The lowest BCUT2D eigenvalue weighted by Gasteiger charge is -2.06. The SMILES string of the molecule is O=C(CCl)NCCNC(=O)CCc1ccccc1. The number of carbonyl (C=O) groups excluding carboxylic acids is 2. The molecule has 1 aromatic rings. The van der Waals surface area contributed by atoms with Crippen LogP contribution in [0, 0.1) is 0 Å². The smallest absolute Gasteiger partial charge is 0.234 e. The van der Waals surface area contributed by atoms with Crippen molar-refractivity contribution in [2.45, 2.75) is 12.8 Å². The second-order valence-corrected chi connectivity index (χ2v) is 4.09. The molecule has 0 saturated heterocycles. The van der Waals surface area contributed by atoms with E-state index < -0.39 is 0 Å². The van der Waals surface area contributed by atoms with Gasteiger partial charge >= 0.3 is 0 Å². The first-order valence-corrected chi connectivity index (χ1v) is 6.39. The Kier molecular flexibility index (Phi) is 6.87. The van der Waals surface area contributed by atoms with Crippen molar-refractivity contribution in [2.24, 2.45) is 0 Å². The standard InChI is InChI=1S/C13H17ClN2O2/c14-10-13(18)16-9-8-15-12(17)7-6-11-4-2-1-3-5-11/h1-5H,6-10H2,(H,15,17)(H,16,18). The minimum Gasteiger partial charge on any atom is -0.354 e. The molecule has 2 N–H and O–H groups in total. The predicted octanol–water partition coefficient (Wildman–Crippen LogP) is 1.09. The minimum absolute atomic E-state index is 0.0148. The van der Waals surface area contributed by atoms with Crippen LogP contribution in [0.15, 0.2) is 30.3 Å². The number of carbonyl (C=O) groups is 2. The number of amides is 2. The average molecular weight is 269 g/mol. The summed E-state index contributed by atoms with van der Waals surface area (Å²) in [6.45, 7) is 0.832. The molecule has 0 aliphatic carbocycles. The van der Waals surface area contributed by atoms with Crippen LogP contribution in [0.2, 0.25) is 0 Å². The van der Waals surface area contributed by atoms with Crippen molar-refractivity contribution in [3.63, 3.8) is 0 Å². The van der Waals surface area contributed by atoms with Crippen LogP contribution in [0.5, 0.6) is 0 Å². The summed E-state index contributed by atoms with van der Waals surface area (Å²) < 4.78 is 0. The van der Waals surface area contributed by atoms with Gasteiger partial charge in [-0.05, 0) is 12.0 Å². The number of hydrogen-bond donors (Lipinski definition) is 2. The van der Waals surface area contributed by atoms with E-state index in [1.165, 1.54) is 0 Å². The van der Waals surface area contributed by atoms with Gasteiger partial charge in [0.05, 0.1) is 0 Å². The molecule has 98 valence electrons. The van der Waals surface area contributed by atoms with Crippen LogP contribution in [0.25, 0.3) is 0 Å². The van der Waals surface area contributed by atoms with E-state index in [0.29, 0.717) is 19.5 Å². The van der Waals surface area contributed by atoms with Crippen molar-refractivity contribution < 1.29 is 9.59 Å². The fraction of sp³-hybridized carbons (Fsp3) is 0.385. The highest BCUT2D eigenvalue weighted by atomic mass is 35.5. The normalized spacial score (nSPS) is 9.83. The van der Waals surface area contributed by atoms with Crippen LogP contribution in [0.3, 0.4) is 0 Å². The summed E-state index contributed by atoms with van der Waals surface area (Å²) in [6.07, 6.45) is 1.17. The summed E-state index contributed by atoms with van der Waals surface area (Å²) in [5.41, 5.74) is 1.14. The lowest BCUT2D eigenvalue weighted by molar-refractivity contribution is -0.122. The van der Waals surface area contributed by atoms with Gasteiger partial charge in [-0.3, -0.25) is 9.59 Å². The molecule has 0 radical (unpaired) electrons. The van der Waals surface area contributed by atoms with Gasteiger partial charge in [-0.25, -0.2) is 0 Å². The summed E-state index contributed by atoms with van der Waals surface area (Å²) in [4.78, 5) is 22.3. The number of benzene rings is 1. The molecule has 18 heavy (non-hydrogen) atoms. The molecule has 5 heteroatoms. The molecule has 0 heterocycles. The molecule has 0 spiro atoms. The average Bonchev–Trinajstić information content (AvgIpc) is 2.42. The Morgan fingerprint density at radius 3 is 2.22 bits per heavy atom. The van der Waals surface area contributed by atoms with Crippen molar-refractivity contribution in [1.82, 2.24) is 10.6 Å². The highest BCUT2D eigenvalue weighted by Gasteiger charge is 2.02. The molecular formula is C13H17ClN2O2. The van der Waals surface area contributed by atoms with Gasteiger partial charge < -0.3 is 10.6 Å². The van der Waals surface area contributed by atoms with E-state index >= 15 is 0 Å². The van der Waals surface area contributed by atoms with E-state index in [0.717, 1.165) is 12.0 Å². The monoisotopic (exact) mass is 268 g/mol. The first-order chi connectivity index (χ1) is 8.72. The molecule has 1 rings (SSSR count). The fourth-order valence-corrected chi connectivity index (χ4v) is 1.54. The molecule has 0 bridgehead atoms. The zero-order chi connectivity index (χ0) is 13.2. The van der Waals surface area contributed by atoms with Crippen LogP contribution >= 0.6 is 11.6 Å². The molecule has 1 aromatic carbocycles. The zero-order valence-electron chi connectivity index (χ0n) is 10.1. The van der Waals surface area contributed by atoms with Gasteiger partial charge in [0, 0.05) is 19.5 Å². The number of nitrogens with one attached hydrogen (secondary N) is 2. The van der Waals surface area contributed by atoms with Crippen molar-refractivity contribution >= 4 is 23.4 Å². The molecule has 0 atom stereocenters. The highest BCUT2D eigenvalue weighted by molar-refractivity contribution is 6.27. The molecule has 0 unspecified atom stereocenters. The van der Waals surface area contributed by atoms with Crippen LogP contribution in [0.1, 0.15) is 12.0 Å². The molecule has 2 amide bonds. The zero-order valence-corrected chi connectivity index (χ0v) is 10.9. The molecule has 0 saturated carbocycles. The maximum atomic E-state index is 11.5. The van der Waals surface area contributed by atoms with E-state index in [1.54, 1.807) is 0 Å².